The van der Waals surface area contributed by atoms with Crippen LogP contribution in [0.15, 0.2) is 54.7 Å². The van der Waals surface area contributed by atoms with Crippen LogP contribution in [-0.4, -0.2) is 22.0 Å². The second kappa shape index (κ2) is 5.23. The predicted octanol–water partition coefficient (Wildman–Crippen LogP) is 4.03. The summed E-state index contributed by atoms with van der Waals surface area (Å²) in [5.74, 6) is 0.875. The zero-order chi connectivity index (χ0) is 15.9. The van der Waals surface area contributed by atoms with Gasteiger partial charge in [0.05, 0.1) is 11.9 Å². The van der Waals surface area contributed by atoms with E-state index in [0.29, 0.717) is 5.41 Å². The Morgan fingerprint density at radius 3 is 2.13 bits per heavy atom. The van der Waals surface area contributed by atoms with Crippen molar-refractivity contribution < 1.29 is 0 Å². The lowest BCUT2D eigenvalue weighted by Crippen LogP contribution is -2.02. The largest absolute Gasteiger partial charge is 0.372 e. The summed E-state index contributed by atoms with van der Waals surface area (Å²) in [4.78, 5) is 0. The summed E-state index contributed by atoms with van der Waals surface area (Å²) in [7, 11) is 1.87. The van der Waals surface area contributed by atoms with Crippen LogP contribution in [0.4, 0.5) is 5.82 Å². The quantitative estimate of drug-likeness (QED) is 0.791. The van der Waals surface area contributed by atoms with E-state index in [-0.39, 0.29) is 0 Å². The Kier molecular flexibility index (Phi) is 3.18. The molecule has 1 aromatic heterocycles. The zero-order valence-corrected chi connectivity index (χ0v) is 13.5. The fourth-order valence-electron chi connectivity index (χ4n) is 2.93. The SMILES string of the molecule is CNc1cnnn1-c1ccc(-c2ccc(C3(C)CC3)cc2)cc1. The van der Waals surface area contributed by atoms with Crippen LogP contribution in [0.25, 0.3) is 16.8 Å². The lowest BCUT2D eigenvalue weighted by atomic mass is 9.95. The van der Waals surface area contributed by atoms with Crippen molar-refractivity contribution in [3.63, 3.8) is 0 Å². The van der Waals surface area contributed by atoms with E-state index in [1.807, 2.05) is 7.05 Å². The zero-order valence-electron chi connectivity index (χ0n) is 13.5. The van der Waals surface area contributed by atoms with E-state index in [4.69, 9.17) is 0 Å². The van der Waals surface area contributed by atoms with E-state index >= 15 is 0 Å². The molecule has 0 amide bonds. The first-order valence-corrected chi connectivity index (χ1v) is 7.99. The van der Waals surface area contributed by atoms with E-state index in [0.717, 1.165) is 11.5 Å². The highest BCUT2D eigenvalue weighted by molar-refractivity contribution is 5.65. The van der Waals surface area contributed by atoms with Crippen molar-refractivity contribution in [3.05, 3.63) is 60.3 Å². The van der Waals surface area contributed by atoms with Crippen molar-refractivity contribution in [2.24, 2.45) is 0 Å². The van der Waals surface area contributed by atoms with Gasteiger partial charge in [-0.3, -0.25) is 0 Å². The van der Waals surface area contributed by atoms with Gasteiger partial charge in [0.2, 0.25) is 0 Å². The van der Waals surface area contributed by atoms with Gasteiger partial charge in [0.1, 0.15) is 5.82 Å². The van der Waals surface area contributed by atoms with Gasteiger partial charge in [-0.1, -0.05) is 48.5 Å². The molecule has 116 valence electrons. The maximum Gasteiger partial charge on any atom is 0.150 e. The van der Waals surface area contributed by atoms with Gasteiger partial charge in [0.25, 0.3) is 0 Å². The van der Waals surface area contributed by atoms with E-state index < -0.39 is 0 Å². The fraction of sp³-hybridized carbons (Fsp3) is 0.263. The van der Waals surface area contributed by atoms with Crippen molar-refractivity contribution in [1.29, 1.82) is 0 Å². The van der Waals surface area contributed by atoms with Gasteiger partial charge in [-0.15, -0.1) is 5.10 Å². The molecule has 4 rings (SSSR count). The number of anilines is 1. The maximum absolute atomic E-state index is 4.11. The maximum atomic E-state index is 4.11. The molecular weight excluding hydrogens is 284 g/mol. The average Bonchev–Trinajstić information content (AvgIpc) is 3.18. The molecule has 0 unspecified atom stereocenters. The second-order valence-electron chi connectivity index (χ2n) is 6.47. The Bertz CT molecular complexity index is 811. The Hall–Kier alpha value is -2.62. The lowest BCUT2D eigenvalue weighted by molar-refractivity contribution is 0.788. The number of nitrogens with zero attached hydrogens (tertiary/aromatic N) is 3. The summed E-state index contributed by atoms with van der Waals surface area (Å²) in [5, 5.41) is 11.1. The lowest BCUT2D eigenvalue weighted by Gasteiger charge is -2.10. The molecule has 3 aromatic rings. The second-order valence-corrected chi connectivity index (χ2v) is 6.47. The molecule has 1 fully saturated rings. The molecule has 0 spiro atoms. The van der Waals surface area contributed by atoms with E-state index in [2.05, 4.69) is 71.1 Å². The third-order valence-electron chi connectivity index (χ3n) is 4.83. The number of hydrogen-bond donors (Lipinski definition) is 1. The number of aromatic nitrogens is 3. The Labute approximate surface area is 136 Å². The molecule has 1 N–H and O–H groups in total. The van der Waals surface area contributed by atoms with Crippen LogP contribution in [0, 0.1) is 0 Å². The molecule has 23 heavy (non-hydrogen) atoms. The summed E-state index contributed by atoms with van der Waals surface area (Å²) in [6.07, 6.45) is 4.34. The molecule has 0 radical (unpaired) electrons. The Morgan fingerprint density at radius 2 is 1.57 bits per heavy atom. The summed E-state index contributed by atoms with van der Waals surface area (Å²) in [6, 6.07) is 17.4. The smallest absolute Gasteiger partial charge is 0.150 e. The van der Waals surface area contributed by atoms with Crippen LogP contribution < -0.4 is 5.32 Å². The topological polar surface area (TPSA) is 42.7 Å². The van der Waals surface area contributed by atoms with Gasteiger partial charge in [-0.05, 0) is 47.1 Å². The van der Waals surface area contributed by atoms with Gasteiger partial charge in [-0.2, -0.15) is 4.68 Å². The molecule has 0 aliphatic heterocycles. The van der Waals surface area contributed by atoms with Crippen molar-refractivity contribution >= 4 is 5.82 Å². The molecular formula is C19H20N4. The number of nitrogens with one attached hydrogen (secondary N) is 1. The molecule has 1 aliphatic carbocycles. The van der Waals surface area contributed by atoms with Crippen LogP contribution >= 0.6 is 0 Å². The van der Waals surface area contributed by atoms with Gasteiger partial charge >= 0.3 is 0 Å². The van der Waals surface area contributed by atoms with Crippen LogP contribution in [0.1, 0.15) is 25.3 Å². The fourth-order valence-corrected chi connectivity index (χ4v) is 2.93. The molecule has 1 aliphatic rings. The van der Waals surface area contributed by atoms with Crippen LogP contribution in [0.2, 0.25) is 0 Å². The minimum Gasteiger partial charge on any atom is -0.372 e. The van der Waals surface area contributed by atoms with E-state index in [1.54, 1.807) is 10.9 Å². The predicted molar refractivity (Wildman–Crippen MR) is 92.9 cm³/mol. The standard InChI is InChI=1S/C19H20N4/c1-19(11-12-19)16-7-3-14(4-8-16)15-5-9-17(10-6-15)23-18(20-2)13-21-22-23/h3-10,13,20H,11-12H2,1-2H3. The first kappa shape index (κ1) is 14.0. The van der Waals surface area contributed by atoms with Crippen molar-refractivity contribution in [2.75, 3.05) is 12.4 Å². The van der Waals surface area contributed by atoms with Crippen LogP contribution in [-0.2, 0) is 5.41 Å². The van der Waals surface area contributed by atoms with Crippen LogP contribution in [0.5, 0.6) is 0 Å². The normalized spacial score (nSPS) is 15.4. The van der Waals surface area contributed by atoms with Crippen molar-refractivity contribution in [2.45, 2.75) is 25.2 Å². The first-order valence-electron chi connectivity index (χ1n) is 7.99. The number of hydrogen-bond acceptors (Lipinski definition) is 3. The highest BCUT2D eigenvalue weighted by Gasteiger charge is 2.38. The Balaban J connectivity index is 1.60. The minimum absolute atomic E-state index is 0.430. The third-order valence-corrected chi connectivity index (χ3v) is 4.83. The van der Waals surface area contributed by atoms with Gasteiger partial charge in [-0.25, -0.2) is 0 Å². The molecule has 1 saturated carbocycles. The highest BCUT2D eigenvalue weighted by Crippen LogP contribution is 2.47. The monoisotopic (exact) mass is 304 g/mol. The van der Waals surface area contributed by atoms with Crippen molar-refractivity contribution in [1.82, 2.24) is 15.0 Å². The van der Waals surface area contributed by atoms with Gasteiger partial charge < -0.3 is 5.32 Å². The van der Waals surface area contributed by atoms with Gasteiger partial charge in [0, 0.05) is 7.05 Å². The third kappa shape index (κ3) is 2.50. The number of rotatable bonds is 4. The molecule has 2 aromatic carbocycles. The molecule has 4 heteroatoms. The van der Waals surface area contributed by atoms with Crippen LogP contribution in [0.3, 0.4) is 0 Å². The molecule has 0 bridgehead atoms. The molecule has 1 heterocycles. The molecule has 4 nitrogen and oxygen atoms in total. The highest BCUT2D eigenvalue weighted by atomic mass is 15.5. The Morgan fingerprint density at radius 1 is 0.957 bits per heavy atom. The van der Waals surface area contributed by atoms with E-state index in [1.165, 1.54) is 29.5 Å². The summed E-state index contributed by atoms with van der Waals surface area (Å²) >= 11 is 0. The molecule has 0 atom stereocenters. The average molecular weight is 304 g/mol. The molecule has 0 saturated heterocycles. The first-order chi connectivity index (χ1) is 11.2. The van der Waals surface area contributed by atoms with E-state index in [9.17, 15) is 0 Å². The van der Waals surface area contributed by atoms with Crippen molar-refractivity contribution in [3.8, 4) is 16.8 Å². The summed E-state index contributed by atoms with van der Waals surface area (Å²) < 4.78 is 1.79. The number of benzene rings is 2. The minimum atomic E-state index is 0.430. The summed E-state index contributed by atoms with van der Waals surface area (Å²) in [5.41, 5.74) is 5.35. The summed E-state index contributed by atoms with van der Waals surface area (Å²) in [6.45, 7) is 2.34. The van der Waals surface area contributed by atoms with Gasteiger partial charge in [0.15, 0.2) is 0 Å².